The summed E-state index contributed by atoms with van der Waals surface area (Å²) in [5.74, 6) is 0. The highest BCUT2D eigenvalue weighted by molar-refractivity contribution is 5.90. The third-order valence-corrected chi connectivity index (χ3v) is 2.95. The predicted molar refractivity (Wildman–Crippen MR) is 61.2 cm³/mol. The molecular formula is C10H10F3N3O5. The summed E-state index contributed by atoms with van der Waals surface area (Å²) in [5.41, 5.74) is -4.24. The van der Waals surface area contributed by atoms with E-state index in [0.29, 0.717) is 10.8 Å². The fourth-order valence-electron chi connectivity index (χ4n) is 1.95. The first-order valence-electron chi connectivity index (χ1n) is 5.67. The molecule has 0 aromatic carbocycles. The van der Waals surface area contributed by atoms with Crippen LogP contribution in [0.25, 0.3) is 0 Å². The fourth-order valence-corrected chi connectivity index (χ4v) is 1.95. The molecule has 3 N–H and O–H groups in total. The molecule has 0 bridgehead atoms. The summed E-state index contributed by atoms with van der Waals surface area (Å²) in [6, 6.07) is 0. The third-order valence-electron chi connectivity index (χ3n) is 2.95. The van der Waals surface area contributed by atoms with Crippen molar-refractivity contribution in [1.82, 2.24) is 9.55 Å². The van der Waals surface area contributed by atoms with Crippen LogP contribution in [-0.2, 0) is 10.9 Å². The second-order valence-corrected chi connectivity index (χ2v) is 4.26. The van der Waals surface area contributed by atoms with Crippen LogP contribution in [0.5, 0.6) is 0 Å². The summed E-state index contributed by atoms with van der Waals surface area (Å²) in [6.07, 6.45) is -7.07. The lowest BCUT2D eigenvalue weighted by Crippen LogP contribution is -2.36. The maximum absolute atomic E-state index is 12.7. The number of nitrogens with one attached hydrogen (secondary N) is 1. The predicted octanol–water partition coefficient (Wildman–Crippen LogP) is -0.335. The Morgan fingerprint density at radius 1 is 1.48 bits per heavy atom. The molecular weight excluding hydrogens is 299 g/mol. The number of rotatable bonds is 2. The number of ether oxygens (including phenoxy) is 1. The Kier molecular flexibility index (Phi) is 3.87. The Hall–Kier alpha value is -2.14. The first-order chi connectivity index (χ1) is 9.77. The number of oxime groups is 1. The van der Waals surface area contributed by atoms with Gasteiger partial charge in [0.05, 0.1) is 12.3 Å². The van der Waals surface area contributed by atoms with Crippen molar-refractivity contribution in [3.63, 3.8) is 0 Å². The van der Waals surface area contributed by atoms with Crippen molar-refractivity contribution in [1.29, 1.82) is 0 Å². The highest BCUT2D eigenvalue weighted by atomic mass is 19.4. The van der Waals surface area contributed by atoms with Crippen LogP contribution >= 0.6 is 0 Å². The monoisotopic (exact) mass is 309 g/mol. The van der Waals surface area contributed by atoms with Crippen molar-refractivity contribution in [2.45, 2.75) is 24.9 Å². The number of aliphatic hydroxyl groups excluding tert-OH is 1. The molecule has 0 radical (unpaired) electrons. The minimum atomic E-state index is -4.94. The van der Waals surface area contributed by atoms with E-state index in [9.17, 15) is 22.8 Å². The number of nitrogens with zero attached hydrogens (tertiary/aromatic N) is 2. The van der Waals surface area contributed by atoms with Gasteiger partial charge in [0.15, 0.2) is 0 Å². The van der Waals surface area contributed by atoms with E-state index in [4.69, 9.17) is 15.1 Å². The average Bonchev–Trinajstić information content (AvgIpc) is 2.80. The quantitative estimate of drug-likeness (QED) is 0.510. The maximum atomic E-state index is 12.7. The molecule has 0 aliphatic carbocycles. The van der Waals surface area contributed by atoms with Gasteiger partial charge in [0, 0.05) is 12.6 Å². The number of hydrogen-bond donors (Lipinski definition) is 3. The van der Waals surface area contributed by atoms with E-state index in [-0.39, 0.29) is 12.1 Å². The van der Waals surface area contributed by atoms with Crippen LogP contribution in [0.1, 0.15) is 18.2 Å². The van der Waals surface area contributed by atoms with Gasteiger partial charge in [-0.3, -0.25) is 14.3 Å². The van der Waals surface area contributed by atoms with E-state index >= 15 is 0 Å². The van der Waals surface area contributed by atoms with E-state index in [1.165, 1.54) is 0 Å². The molecule has 1 aliphatic heterocycles. The zero-order valence-electron chi connectivity index (χ0n) is 10.3. The number of hydrogen-bond acceptors (Lipinski definition) is 6. The second kappa shape index (κ2) is 5.33. The minimum absolute atomic E-state index is 0.0193. The first-order valence-corrected chi connectivity index (χ1v) is 5.67. The van der Waals surface area contributed by atoms with Crippen LogP contribution in [0.3, 0.4) is 0 Å². The lowest BCUT2D eigenvalue weighted by atomic mass is 10.2. The number of halogens is 3. The Balaban J connectivity index is 2.47. The van der Waals surface area contributed by atoms with Crippen molar-refractivity contribution in [2.75, 3.05) is 6.61 Å². The zero-order chi connectivity index (χ0) is 15.8. The average molecular weight is 309 g/mol. The van der Waals surface area contributed by atoms with Crippen LogP contribution in [0.2, 0.25) is 0 Å². The molecule has 8 nitrogen and oxygen atoms in total. The summed E-state index contributed by atoms with van der Waals surface area (Å²) in [6.45, 7) is -0.569. The van der Waals surface area contributed by atoms with Crippen LogP contribution in [0.4, 0.5) is 13.2 Å². The summed E-state index contributed by atoms with van der Waals surface area (Å²) in [4.78, 5) is 24.3. The molecule has 116 valence electrons. The second-order valence-electron chi connectivity index (χ2n) is 4.26. The van der Waals surface area contributed by atoms with Gasteiger partial charge < -0.3 is 15.1 Å². The van der Waals surface area contributed by atoms with E-state index in [1.54, 1.807) is 4.98 Å². The Labute approximate surface area is 114 Å². The van der Waals surface area contributed by atoms with Gasteiger partial charge in [-0.2, -0.15) is 13.2 Å². The van der Waals surface area contributed by atoms with Crippen molar-refractivity contribution >= 4 is 5.71 Å². The molecule has 1 fully saturated rings. The molecule has 1 aromatic heterocycles. The maximum Gasteiger partial charge on any atom is 0.423 e. The SMILES string of the molecule is O=c1[nH]c(=O)n([C@H]2C/C(=N/O)[C@@H](CO)O2)cc1C(F)(F)F. The van der Waals surface area contributed by atoms with Gasteiger partial charge in [0.1, 0.15) is 17.9 Å². The van der Waals surface area contributed by atoms with Crippen LogP contribution in [0.15, 0.2) is 20.9 Å². The van der Waals surface area contributed by atoms with Crippen LogP contribution < -0.4 is 11.2 Å². The van der Waals surface area contributed by atoms with E-state index in [1.807, 2.05) is 0 Å². The van der Waals surface area contributed by atoms with E-state index in [2.05, 4.69) is 5.16 Å². The number of alkyl halides is 3. The summed E-state index contributed by atoms with van der Waals surface area (Å²) in [7, 11) is 0. The third kappa shape index (κ3) is 2.83. The van der Waals surface area contributed by atoms with Gasteiger partial charge in [-0.05, 0) is 0 Å². The largest absolute Gasteiger partial charge is 0.423 e. The van der Waals surface area contributed by atoms with E-state index < -0.39 is 41.9 Å². The fraction of sp³-hybridized carbons (Fsp3) is 0.500. The lowest BCUT2D eigenvalue weighted by Gasteiger charge is -2.15. The Morgan fingerprint density at radius 2 is 2.14 bits per heavy atom. The molecule has 2 rings (SSSR count). The molecule has 0 saturated carbocycles. The lowest BCUT2D eigenvalue weighted by molar-refractivity contribution is -0.139. The van der Waals surface area contributed by atoms with Crippen LogP contribution in [0, 0.1) is 0 Å². The van der Waals surface area contributed by atoms with Crippen LogP contribution in [-0.4, -0.2) is 38.3 Å². The molecule has 0 unspecified atom stereocenters. The van der Waals surface area contributed by atoms with Gasteiger partial charge in [-0.15, -0.1) is 0 Å². The van der Waals surface area contributed by atoms with Gasteiger partial charge in [-0.25, -0.2) is 4.79 Å². The Morgan fingerprint density at radius 3 is 2.62 bits per heavy atom. The standard InChI is InChI=1S/C10H10F3N3O5/c11-10(12,13)4-2-16(9(19)14-8(4)18)7-1-5(15-20)6(3-17)21-7/h2,6-7,17,20H,1,3H2,(H,14,18,19)/b15-5-/t6-,7-/m1/s1. The normalized spacial score (nSPS) is 24.7. The number of aliphatic hydroxyl groups is 1. The molecule has 2 atom stereocenters. The summed E-state index contributed by atoms with van der Waals surface area (Å²) < 4.78 is 43.6. The number of aromatic nitrogens is 2. The van der Waals surface area contributed by atoms with Gasteiger partial charge >= 0.3 is 11.9 Å². The molecule has 1 saturated heterocycles. The number of H-pyrrole nitrogens is 1. The van der Waals surface area contributed by atoms with Crippen molar-refractivity contribution < 1.29 is 28.2 Å². The smallest absolute Gasteiger partial charge is 0.411 e. The molecule has 0 spiro atoms. The molecule has 21 heavy (non-hydrogen) atoms. The first kappa shape index (κ1) is 15.3. The highest BCUT2D eigenvalue weighted by Crippen LogP contribution is 2.28. The molecule has 11 heteroatoms. The van der Waals surface area contributed by atoms with Gasteiger partial charge in [0.25, 0.3) is 5.56 Å². The van der Waals surface area contributed by atoms with Crippen molar-refractivity contribution in [3.8, 4) is 0 Å². The van der Waals surface area contributed by atoms with Crippen molar-refractivity contribution in [3.05, 3.63) is 32.6 Å². The summed E-state index contributed by atoms with van der Waals surface area (Å²) in [5, 5.41) is 20.5. The highest BCUT2D eigenvalue weighted by Gasteiger charge is 2.38. The summed E-state index contributed by atoms with van der Waals surface area (Å²) >= 11 is 0. The van der Waals surface area contributed by atoms with Gasteiger partial charge in [0.2, 0.25) is 0 Å². The van der Waals surface area contributed by atoms with Crippen molar-refractivity contribution in [2.24, 2.45) is 5.16 Å². The molecule has 1 aromatic rings. The molecule has 1 aliphatic rings. The minimum Gasteiger partial charge on any atom is -0.411 e. The zero-order valence-corrected chi connectivity index (χ0v) is 10.3. The van der Waals surface area contributed by atoms with Gasteiger partial charge in [-0.1, -0.05) is 5.16 Å². The van der Waals surface area contributed by atoms with E-state index in [0.717, 1.165) is 0 Å². The molecule has 2 heterocycles. The number of aromatic amines is 1. The topological polar surface area (TPSA) is 117 Å². The Bertz CT molecular complexity index is 678. The molecule has 0 amide bonds.